The predicted octanol–water partition coefficient (Wildman–Crippen LogP) is 3.81. The van der Waals surface area contributed by atoms with Crippen LogP contribution < -0.4 is 14.8 Å². The summed E-state index contributed by atoms with van der Waals surface area (Å²) in [5.41, 5.74) is 4.05. The molecule has 0 saturated carbocycles. The van der Waals surface area contributed by atoms with E-state index in [0.29, 0.717) is 24.1 Å². The Morgan fingerprint density at radius 1 is 1.28 bits per heavy atom. The lowest BCUT2D eigenvalue weighted by atomic mass is 9.89. The zero-order valence-electron chi connectivity index (χ0n) is 14.5. The van der Waals surface area contributed by atoms with Crippen molar-refractivity contribution in [2.45, 2.75) is 39.3 Å². The minimum atomic E-state index is -0.155. The molecule has 25 heavy (non-hydrogen) atoms. The van der Waals surface area contributed by atoms with Gasteiger partial charge in [0.25, 0.3) is 0 Å². The molecule has 2 atom stereocenters. The van der Waals surface area contributed by atoms with Crippen LogP contribution in [0.25, 0.3) is 11.3 Å². The molecule has 0 radical (unpaired) electrons. The van der Waals surface area contributed by atoms with E-state index >= 15 is 0 Å². The van der Waals surface area contributed by atoms with Gasteiger partial charge in [0.15, 0.2) is 11.9 Å². The Hall–Kier alpha value is -2.63. The summed E-state index contributed by atoms with van der Waals surface area (Å²) in [5, 5.41) is 11.9. The molecule has 1 aromatic carbocycles. The van der Waals surface area contributed by atoms with Gasteiger partial charge in [-0.05, 0) is 39.2 Å². The molecule has 2 aromatic rings. The van der Waals surface area contributed by atoms with Crippen molar-refractivity contribution in [1.82, 2.24) is 15.2 Å². The lowest BCUT2D eigenvalue weighted by Crippen LogP contribution is -2.35. The van der Waals surface area contributed by atoms with Crippen molar-refractivity contribution in [1.29, 1.82) is 0 Å². The number of benzene rings is 1. The summed E-state index contributed by atoms with van der Waals surface area (Å²) in [4.78, 5) is 4.45. The normalized spacial score (nSPS) is 21.8. The quantitative estimate of drug-likeness (QED) is 0.858. The number of hydrogen-bond donors (Lipinski definition) is 1. The molecule has 1 aliphatic carbocycles. The Kier molecular flexibility index (Phi) is 4.26. The van der Waals surface area contributed by atoms with E-state index in [1.807, 2.05) is 31.2 Å². The monoisotopic (exact) mass is 338 g/mol. The van der Waals surface area contributed by atoms with Crippen LogP contribution >= 0.6 is 0 Å². The first kappa shape index (κ1) is 15.9. The zero-order chi connectivity index (χ0) is 17.2. The average molecular weight is 338 g/mol. The van der Waals surface area contributed by atoms with Gasteiger partial charge in [-0.3, -0.25) is 0 Å². The van der Waals surface area contributed by atoms with E-state index in [9.17, 15) is 0 Å². The van der Waals surface area contributed by atoms with Gasteiger partial charge in [0.2, 0.25) is 5.88 Å². The smallest absolute Gasteiger partial charge is 0.339 e. The van der Waals surface area contributed by atoms with E-state index in [4.69, 9.17) is 9.47 Å². The molecule has 6 heteroatoms. The first-order valence-corrected chi connectivity index (χ1v) is 8.80. The Labute approximate surface area is 147 Å². The molecule has 6 nitrogen and oxygen atoms in total. The Morgan fingerprint density at radius 2 is 2.16 bits per heavy atom. The van der Waals surface area contributed by atoms with Gasteiger partial charge < -0.3 is 14.8 Å². The fraction of sp³-hybridized carbons (Fsp3) is 0.421. The summed E-state index contributed by atoms with van der Waals surface area (Å²) in [5.74, 6) is 0.861. The molecule has 0 bridgehead atoms. The van der Waals surface area contributed by atoms with Crippen LogP contribution in [0.15, 0.2) is 35.9 Å². The van der Waals surface area contributed by atoms with Crippen LogP contribution in [0, 0.1) is 5.92 Å². The Balaban J connectivity index is 1.73. The summed E-state index contributed by atoms with van der Waals surface area (Å²) in [7, 11) is 0. The van der Waals surface area contributed by atoms with Gasteiger partial charge in [-0.15, -0.1) is 5.10 Å². The maximum absolute atomic E-state index is 6.27. The number of aromatic nitrogens is 3. The standard InChI is InChI=1S/C19H22N4O2/c1-3-24-19-21-18-16(22-23-19)14-6-4-5-7-15(14)20-17(25-18)13-10-8-12(2)9-11-13/h4-8,13,17,20H,3,9-11H2,1-2H3. The third kappa shape index (κ3) is 3.16. The number of para-hydroxylation sites is 1. The lowest BCUT2D eigenvalue weighted by Gasteiger charge is -2.29. The van der Waals surface area contributed by atoms with Gasteiger partial charge >= 0.3 is 6.01 Å². The fourth-order valence-electron chi connectivity index (χ4n) is 3.33. The number of rotatable bonds is 3. The summed E-state index contributed by atoms with van der Waals surface area (Å²) in [6.07, 6.45) is 5.35. The lowest BCUT2D eigenvalue weighted by molar-refractivity contribution is 0.144. The van der Waals surface area contributed by atoms with Gasteiger partial charge in [-0.1, -0.05) is 34.9 Å². The zero-order valence-corrected chi connectivity index (χ0v) is 14.5. The van der Waals surface area contributed by atoms with Crippen molar-refractivity contribution >= 4 is 5.69 Å². The SMILES string of the molecule is CCOc1nnc2c(n1)OC(C1CC=C(C)CC1)Nc1ccccc1-2. The maximum atomic E-state index is 6.27. The second-order valence-corrected chi connectivity index (χ2v) is 6.49. The number of nitrogens with one attached hydrogen (secondary N) is 1. The molecule has 0 amide bonds. The second kappa shape index (κ2) is 6.70. The number of anilines is 1. The third-order valence-corrected chi connectivity index (χ3v) is 4.73. The van der Waals surface area contributed by atoms with E-state index in [1.165, 1.54) is 5.57 Å². The number of hydrogen-bond acceptors (Lipinski definition) is 6. The van der Waals surface area contributed by atoms with Crippen LogP contribution in [0.2, 0.25) is 0 Å². The molecule has 1 aliphatic heterocycles. The van der Waals surface area contributed by atoms with Gasteiger partial charge in [0, 0.05) is 17.2 Å². The molecular formula is C19H22N4O2. The highest BCUT2D eigenvalue weighted by Gasteiger charge is 2.31. The minimum absolute atomic E-state index is 0.155. The second-order valence-electron chi connectivity index (χ2n) is 6.49. The highest BCUT2D eigenvalue weighted by molar-refractivity contribution is 5.79. The van der Waals surface area contributed by atoms with Crippen LogP contribution in [-0.4, -0.2) is 28.0 Å². The van der Waals surface area contributed by atoms with E-state index in [2.05, 4.69) is 33.5 Å². The number of ether oxygens (including phenoxy) is 2. The summed E-state index contributed by atoms with van der Waals surface area (Å²) in [6, 6.07) is 8.29. The van der Waals surface area contributed by atoms with Gasteiger partial charge in [-0.25, -0.2) is 0 Å². The minimum Gasteiger partial charge on any atom is -0.463 e. The number of nitrogens with zero attached hydrogens (tertiary/aromatic N) is 3. The molecule has 2 heterocycles. The van der Waals surface area contributed by atoms with Crippen molar-refractivity contribution in [2.24, 2.45) is 5.92 Å². The van der Waals surface area contributed by atoms with E-state index in [0.717, 1.165) is 30.5 Å². The summed E-state index contributed by atoms with van der Waals surface area (Å²) < 4.78 is 11.7. The Morgan fingerprint density at radius 3 is 2.96 bits per heavy atom. The first-order valence-electron chi connectivity index (χ1n) is 8.80. The van der Waals surface area contributed by atoms with Crippen molar-refractivity contribution in [3.8, 4) is 23.1 Å². The van der Waals surface area contributed by atoms with Crippen LogP contribution in [0.5, 0.6) is 11.9 Å². The van der Waals surface area contributed by atoms with Crippen LogP contribution in [0.1, 0.15) is 33.1 Å². The van der Waals surface area contributed by atoms with Crippen molar-refractivity contribution < 1.29 is 9.47 Å². The van der Waals surface area contributed by atoms with E-state index < -0.39 is 0 Å². The van der Waals surface area contributed by atoms with Gasteiger partial charge in [0.1, 0.15) is 0 Å². The largest absolute Gasteiger partial charge is 0.463 e. The highest BCUT2D eigenvalue weighted by atomic mass is 16.5. The molecule has 0 spiro atoms. The van der Waals surface area contributed by atoms with Crippen LogP contribution in [0.4, 0.5) is 5.69 Å². The topological polar surface area (TPSA) is 69.2 Å². The summed E-state index contributed by atoms with van der Waals surface area (Å²) in [6.45, 7) is 4.57. The Bertz CT molecular complexity index is 806. The predicted molar refractivity (Wildman–Crippen MR) is 95.6 cm³/mol. The van der Waals surface area contributed by atoms with Gasteiger partial charge in [0.05, 0.1) is 6.61 Å². The molecule has 1 N–H and O–H groups in total. The third-order valence-electron chi connectivity index (χ3n) is 4.73. The van der Waals surface area contributed by atoms with E-state index in [-0.39, 0.29) is 12.2 Å². The molecule has 2 aliphatic rings. The average Bonchev–Trinajstić information content (AvgIpc) is 2.79. The van der Waals surface area contributed by atoms with Gasteiger partial charge in [-0.2, -0.15) is 4.98 Å². The molecule has 130 valence electrons. The molecule has 0 fully saturated rings. The highest BCUT2D eigenvalue weighted by Crippen LogP contribution is 2.39. The maximum Gasteiger partial charge on any atom is 0.339 e. The molecule has 4 rings (SSSR count). The first-order chi connectivity index (χ1) is 12.2. The van der Waals surface area contributed by atoms with Crippen molar-refractivity contribution in [3.05, 3.63) is 35.9 Å². The molecule has 2 unspecified atom stereocenters. The fourth-order valence-corrected chi connectivity index (χ4v) is 3.33. The molecular weight excluding hydrogens is 316 g/mol. The number of allylic oxidation sites excluding steroid dienone is 2. The molecule has 0 saturated heterocycles. The number of fused-ring (bicyclic) bond motifs is 3. The van der Waals surface area contributed by atoms with Crippen LogP contribution in [0.3, 0.4) is 0 Å². The van der Waals surface area contributed by atoms with E-state index in [1.54, 1.807) is 0 Å². The summed E-state index contributed by atoms with van der Waals surface area (Å²) >= 11 is 0. The van der Waals surface area contributed by atoms with Crippen molar-refractivity contribution in [3.63, 3.8) is 0 Å². The van der Waals surface area contributed by atoms with Crippen LogP contribution in [-0.2, 0) is 0 Å². The van der Waals surface area contributed by atoms with Crippen molar-refractivity contribution in [2.75, 3.05) is 11.9 Å². The molecule has 1 aromatic heterocycles.